The number of imidazole rings is 1. The molecule has 3 N–H and O–H groups in total. The molecular formula is C18H20ClN7O. The zero-order chi connectivity index (χ0) is 18.6. The monoisotopic (exact) mass is 385 g/mol. The molecule has 3 aromatic rings. The third-order valence-corrected chi connectivity index (χ3v) is 4.91. The molecule has 1 fully saturated rings. The van der Waals surface area contributed by atoms with E-state index in [2.05, 4.69) is 30.9 Å². The maximum absolute atomic E-state index is 12.6. The van der Waals surface area contributed by atoms with Crippen LogP contribution in [0.1, 0.15) is 35.2 Å². The Balaban J connectivity index is 1.40. The van der Waals surface area contributed by atoms with Crippen molar-refractivity contribution in [1.29, 1.82) is 0 Å². The second-order valence-corrected chi connectivity index (χ2v) is 6.91. The lowest BCUT2D eigenvalue weighted by Crippen LogP contribution is -2.33. The highest BCUT2D eigenvalue weighted by Gasteiger charge is 2.22. The normalized spacial score (nSPS) is 15.0. The van der Waals surface area contributed by atoms with Crippen LogP contribution in [0.4, 0.5) is 0 Å². The van der Waals surface area contributed by atoms with Crippen LogP contribution < -0.4 is 10.6 Å². The van der Waals surface area contributed by atoms with E-state index in [1.54, 1.807) is 10.9 Å². The summed E-state index contributed by atoms with van der Waals surface area (Å²) in [5.41, 5.74) is 2.33. The van der Waals surface area contributed by atoms with Crippen molar-refractivity contribution in [2.75, 3.05) is 13.1 Å². The van der Waals surface area contributed by atoms with E-state index in [4.69, 9.17) is 11.6 Å². The second-order valence-electron chi connectivity index (χ2n) is 6.48. The van der Waals surface area contributed by atoms with Crippen LogP contribution in [0.2, 0.25) is 5.02 Å². The predicted octanol–water partition coefficient (Wildman–Crippen LogP) is 2.18. The van der Waals surface area contributed by atoms with Crippen LogP contribution in [0.3, 0.4) is 0 Å². The number of nitrogens with one attached hydrogen (secondary N) is 3. The lowest BCUT2D eigenvalue weighted by molar-refractivity contribution is 0.0934. The van der Waals surface area contributed by atoms with Gasteiger partial charge in [0.15, 0.2) is 0 Å². The first-order chi connectivity index (χ1) is 13.2. The van der Waals surface area contributed by atoms with Gasteiger partial charge in [-0.05, 0) is 43.6 Å². The van der Waals surface area contributed by atoms with Gasteiger partial charge >= 0.3 is 0 Å². The number of aromatic nitrogens is 5. The van der Waals surface area contributed by atoms with E-state index in [1.807, 2.05) is 24.3 Å². The molecule has 1 aliphatic rings. The summed E-state index contributed by atoms with van der Waals surface area (Å²) in [6.45, 7) is 2.14. The van der Waals surface area contributed by atoms with Gasteiger partial charge in [0.2, 0.25) is 0 Å². The van der Waals surface area contributed by atoms with E-state index in [9.17, 15) is 4.79 Å². The molecule has 3 heterocycles. The minimum atomic E-state index is -0.206. The van der Waals surface area contributed by atoms with Gasteiger partial charge in [-0.15, -0.1) is 5.10 Å². The Morgan fingerprint density at radius 1 is 1.22 bits per heavy atom. The molecule has 0 saturated carbocycles. The van der Waals surface area contributed by atoms with Gasteiger partial charge in [-0.25, -0.2) is 9.67 Å². The molecule has 8 nitrogen and oxygen atoms in total. The van der Waals surface area contributed by atoms with Crippen LogP contribution in [0.25, 0.3) is 11.3 Å². The van der Waals surface area contributed by atoms with Crippen LogP contribution in [-0.2, 0) is 6.54 Å². The predicted molar refractivity (Wildman–Crippen MR) is 101 cm³/mol. The number of hydrogen-bond donors (Lipinski definition) is 3. The zero-order valence-corrected chi connectivity index (χ0v) is 15.4. The molecule has 1 aromatic carbocycles. The van der Waals surface area contributed by atoms with Crippen molar-refractivity contribution in [2.24, 2.45) is 0 Å². The standard InChI is InChI=1S/C18H20ClN7O/c19-13-3-1-12(2-4-13)15-9-21-17(24-15)11-22-18(27)16-10-23-25-26(16)14-5-7-20-8-6-14/h1-4,9-10,14,20H,5-8,11H2,(H,21,24)(H,22,27). The fourth-order valence-corrected chi connectivity index (χ4v) is 3.34. The van der Waals surface area contributed by atoms with Gasteiger partial charge in [-0.2, -0.15) is 0 Å². The molecule has 0 spiro atoms. The van der Waals surface area contributed by atoms with Crippen molar-refractivity contribution >= 4 is 17.5 Å². The Kier molecular flexibility index (Phi) is 5.17. The van der Waals surface area contributed by atoms with E-state index >= 15 is 0 Å². The van der Waals surface area contributed by atoms with E-state index in [0.717, 1.165) is 37.2 Å². The highest BCUT2D eigenvalue weighted by molar-refractivity contribution is 6.30. The van der Waals surface area contributed by atoms with Crippen LogP contribution >= 0.6 is 11.6 Å². The van der Waals surface area contributed by atoms with Gasteiger partial charge in [0.05, 0.1) is 30.7 Å². The summed E-state index contributed by atoms with van der Waals surface area (Å²) in [6, 6.07) is 7.69. The third-order valence-electron chi connectivity index (χ3n) is 4.66. The number of halogens is 1. The molecule has 2 aromatic heterocycles. The number of aromatic amines is 1. The number of benzene rings is 1. The topological polar surface area (TPSA) is 101 Å². The maximum atomic E-state index is 12.6. The summed E-state index contributed by atoms with van der Waals surface area (Å²) in [7, 11) is 0. The molecule has 140 valence electrons. The molecule has 0 aliphatic carbocycles. The highest BCUT2D eigenvalue weighted by atomic mass is 35.5. The van der Waals surface area contributed by atoms with Gasteiger partial charge < -0.3 is 15.6 Å². The molecule has 1 aliphatic heterocycles. The number of nitrogens with zero attached hydrogens (tertiary/aromatic N) is 4. The van der Waals surface area contributed by atoms with Gasteiger partial charge in [0, 0.05) is 5.02 Å². The number of amides is 1. The summed E-state index contributed by atoms with van der Waals surface area (Å²) in [5, 5.41) is 14.9. The minimum Gasteiger partial charge on any atom is -0.343 e. The van der Waals surface area contributed by atoms with Gasteiger partial charge in [0.1, 0.15) is 11.5 Å². The van der Waals surface area contributed by atoms with Gasteiger partial charge in [-0.1, -0.05) is 28.9 Å². The Hall–Kier alpha value is -2.71. The Morgan fingerprint density at radius 2 is 2.00 bits per heavy atom. The van der Waals surface area contributed by atoms with Gasteiger partial charge in [-0.3, -0.25) is 4.79 Å². The van der Waals surface area contributed by atoms with Crippen molar-refractivity contribution in [1.82, 2.24) is 35.6 Å². The molecule has 0 atom stereocenters. The lowest BCUT2D eigenvalue weighted by Gasteiger charge is -2.23. The van der Waals surface area contributed by atoms with Crippen molar-refractivity contribution in [3.8, 4) is 11.3 Å². The summed E-state index contributed by atoms with van der Waals surface area (Å²) in [6.07, 6.45) is 5.13. The molecule has 0 radical (unpaired) electrons. The minimum absolute atomic E-state index is 0.203. The fraction of sp³-hybridized carbons (Fsp3) is 0.333. The Bertz CT molecular complexity index is 912. The highest BCUT2D eigenvalue weighted by Crippen LogP contribution is 2.20. The summed E-state index contributed by atoms with van der Waals surface area (Å²) in [4.78, 5) is 20.1. The largest absolute Gasteiger partial charge is 0.343 e. The Morgan fingerprint density at radius 3 is 2.78 bits per heavy atom. The summed E-state index contributed by atoms with van der Waals surface area (Å²) in [5.74, 6) is 0.470. The quantitative estimate of drug-likeness (QED) is 0.625. The van der Waals surface area contributed by atoms with E-state index in [0.29, 0.717) is 23.1 Å². The van der Waals surface area contributed by atoms with E-state index in [1.165, 1.54) is 6.20 Å². The zero-order valence-electron chi connectivity index (χ0n) is 14.7. The first-order valence-corrected chi connectivity index (χ1v) is 9.27. The molecule has 27 heavy (non-hydrogen) atoms. The van der Waals surface area contributed by atoms with Crippen molar-refractivity contribution in [3.05, 3.63) is 53.2 Å². The number of hydrogen-bond acceptors (Lipinski definition) is 5. The fourth-order valence-electron chi connectivity index (χ4n) is 3.21. The molecule has 1 saturated heterocycles. The van der Waals surface area contributed by atoms with E-state index < -0.39 is 0 Å². The molecule has 4 rings (SSSR count). The lowest BCUT2D eigenvalue weighted by atomic mass is 10.1. The van der Waals surface area contributed by atoms with Crippen molar-refractivity contribution < 1.29 is 4.79 Å². The number of rotatable bonds is 5. The van der Waals surface area contributed by atoms with Crippen molar-refractivity contribution in [2.45, 2.75) is 25.4 Å². The molecule has 0 unspecified atom stereocenters. The first-order valence-electron chi connectivity index (χ1n) is 8.89. The molecule has 9 heteroatoms. The van der Waals surface area contributed by atoms with Crippen LogP contribution in [0.15, 0.2) is 36.7 Å². The average Bonchev–Trinajstić information content (AvgIpc) is 3.37. The van der Waals surface area contributed by atoms with Crippen LogP contribution in [0, 0.1) is 0 Å². The second kappa shape index (κ2) is 7.89. The maximum Gasteiger partial charge on any atom is 0.271 e. The van der Waals surface area contributed by atoms with Crippen molar-refractivity contribution in [3.63, 3.8) is 0 Å². The number of H-pyrrole nitrogens is 1. The Labute approximate surface area is 161 Å². The van der Waals surface area contributed by atoms with Gasteiger partial charge in [0.25, 0.3) is 5.91 Å². The number of carbonyl (C=O) groups is 1. The molecule has 1 amide bonds. The van der Waals surface area contributed by atoms with Crippen LogP contribution in [-0.4, -0.2) is 44.0 Å². The smallest absolute Gasteiger partial charge is 0.271 e. The summed E-state index contributed by atoms with van der Waals surface area (Å²) < 4.78 is 1.73. The third kappa shape index (κ3) is 4.01. The average molecular weight is 386 g/mol. The SMILES string of the molecule is O=C(NCc1ncc(-c2ccc(Cl)cc2)[nH]1)c1cnnn1C1CCNCC1. The molecular weight excluding hydrogens is 366 g/mol. The molecule has 0 bridgehead atoms. The van der Waals surface area contributed by atoms with Crippen LogP contribution in [0.5, 0.6) is 0 Å². The number of carbonyl (C=O) groups excluding carboxylic acids is 1. The summed E-state index contributed by atoms with van der Waals surface area (Å²) >= 11 is 5.92. The first kappa shape index (κ1) is 17.7. The van der Waals surface area contributed by atoms with E-state index in [-0.39, 0.29) is 11.9 Å². The number of piperidine rings is 1.